The number of hydrogen-bond donors (Lipinski definition) is 2. The van der Waals surface area contributed by atoms with Gasteiger partial charge in [0.25, 0.3) is 20.2 Å². The molecular formula is C14H8N2O6S4. The van der Waals surface area contributed by atoms with E-state index in [4.69, 9.17) is 10.5 Å². The van der Waals surface area contributed by atoms with Crippen molar-refractivity contribution in [3.05, 3.63) is 36.4 Å². The number of hydrogen-bond acceptors (Lipinski definition) is 8. The van der Waals surface area contributed by atoms with Crippen LogP contribution in [0.2, 0.25) is 0 Å². The highest BCUT2D eigenvalue weighted by Gasteiger charge is 2.24. The van der Waals surface area contributed by atoms with Crippen LogP contribution >= 0.6 is 23.5 Å². The van der Waals surface area contributed by atoms with Gasteiger partial charge in [0, 0.05) is 20.9 Å². The molecule has 0 aliphatic heterocycles. The van der Waals surface area contributed by atoms with Crippen molar-refractivity contribution in [1.29, 1.82) is 10.5 Å². The van der Waals surface area contributed by atoms with E-state index in [1.807, 2.05) is 0 Å². The quantitative estimate of drug-likeness (QED) is 0.412. The molecule has 0 aromatic heterocycles. The van der Waals surface area contributed by atoms with Crippen LogP contribution in [0.4, 0.5) is 0 Å². The third-order valence-electron chi connectivity index (χ3n) is 3.08. The summed E-state index contributed by atoms with van der Waals surface area (Å²) in [6, 6.07) is 7.19. The summed E-state index contributed by atoms with van der Waals surface area (Å²) in [6.07, 6.45) is 0. The Balaban J connectivity index is 2.84. The Labute approximate surface area is 158 Å². The van der Waals surface area contributed by atoms with Crippen LogP contribution < -0.4 is 0 Å². The highest BCUT2D eigenvalue weighted by atomic mass is 32.2. The number of nitriles is 2. The van der Waals surface area contributed by atoms with Crippen molar-refractivity contribution in [1.82, 2.24) is 0 Å². The van der Waals surface area contributed by atoms with E-state index in [0.717, 1.165) is 12.1 Å². The van der Waals surface area contributed by atoms with Crippen molar-refractivity contribution in [2.24, 2.45) is 0 Å². The summed E-state index contributed by atoms with van der Waals surface area (Å²) < 4.78 is 65.8. The van der Waals surface area contributed by atoms with Crippen LogP contribution in [0, 0.1) is 21.3 Å². The molecule has 0 aliphatic rings. The van der Waals surface area contributed by atoms with Crippen LogP contribution in [0.15, 0.2) is 56.0 Å². The van der Waals surface area contributed by atoms with Gasteiger partial charge in [-0.15, -0.1) is 0 Å². The van der Waals surface area contributed by atoms with Gasteiger partial charge in [-0.1, -0.05) is 12.1 Å². The molecule has 8 nitrogen and oxygen atoms in total. The van der Waals surface area contributed by atoms with Gasteiger partial charge >= 0.3 is 0 Å². The van der Waals surface area contributed by atoms with Crippen molar-refractivity contribution in [3.63, 3.8) is 0 Å². The van der Waals surface area contributed by atoms with Crippen LogP contribution in [-0.2, 0) is 20.2 Å². The number of benzene rings is 2. The normalized spacial score (nSPS) is 11.5. The van der Waals surface area contributed by atoms with E-state index in [0.29, 0.717) is 23.5 Å². The van der Waals surface area contributed by atoms with Crippen molar-refractivity contribution < 1.29 is 25.9 Å². The second kappa shape index (κ2) is 7.67. The zero-order chi connectivity index (χ0) is 19.5. The number of thioether (sulfide) groups is 2. The Bertz CT molecular complexity index is 1070. The fourth-order valence-corrected chi connectivity index (χ4v) is 4.56. The summed E-state index contributed by atoms with van der Waals surface area (Å²) >= 11 is 1.30. The number of nitrogens with zero attached hydrogens (tertiary/aromatic N) is 2. The van der Waals surface area contributed by atoms with E-state index in [-0.39, 0.29) is 20.9 Å². The van der Waals surface area contributed by atoms with Crippen molar-refractivity contribution >= 4 is 43.8 Å². The Morgan fingerprint density at radius 3 is 1.35 bits per heavy atom. The molecule has 0 amide bonds. The lowest BCUT2D eigenvalue weighted by atomic mass is 10.1. The minimum atomic E-state index is -4.76. The predicted molar refractivity (Wildman–Crippen MR) is 94.4 cm³/mol. The maximum Gasteiger partial charge on any atom is 0.295 e. The standard InChI is InChI=1S/C14H8N2O6S4/c15-7-23-9-1-3-11(13(5-9)25(17,18)19)12-4-2-10(24-8-16)6-14(12)26(20,21)22/h1-6H,(H,17,18,19)(H,20,21,22). The Hall–Kier alpha value is -2.06. The molecule has 2 aromatic rings. The Kier molecular flexibility index (Phi) is 5.98. The molecule has 134 valence electrons. The van der Waals surface area contributed by atoms with E-state index in [1.54, 1.807) is 10.8 Å². The summed E-state index contributed by atoms with van der Waals surface area (Å²) in [5.41, 5.74) is -0.369. The van der Waals surface area contributed by atoms with Gasteiger partial charge in [0.05, 0.1) is 0 Å². The van der Waals surface area contributed by atoms with E-state index in [2.05, 4.69) is 0 Å². The first-order valence-electron chi connectivity index (χ1n) is 6.43. The molecule has 0 fully saturated rings. The highest BCUT2D eigenvalue weighted by Crippen LogP contribution is 2.36. The van der Waals surface area contributed by atoms with E-state index in [1.165, 1.54) is 24.3 Å². The predicted octanol–water partition coefficient (Wildman–Crippen LogP) is 2.99. The van der Waals surface area contributed by atoms with Gasteiger partial charge in [0.15, 0.2) is 0 Å². The van der Waals surface area contributed by atoms with Crippen molar-refractivity contribution in [2.75, 3.05) is 0 Å². The third kappa shape index (κ3) is 4.56. The summed E-state index contributed by atoms with van der Waals surface area (Å²) in [5, 5.41) is 20.9. The van der Waals surface area contributed by atoms with Crippen LogP contribution in [0.25, 0.3) is 11.1 Å². The lowest BCUT2D eigenvalue weighted by Gasteiger charge is -2.12. The van der Waals surface area contributed by atoms with Gasteiger partial charge in [0.1, 0.15) is 20.6 Å². The van der Waals surface area contributed by atoms with Gasteiger partial charge in [-0.25, -0.2) is 0 Å². The molecule has 0 saturated carbocycles. The SMILES string of the molecule is N#CSc1ccc(-c2ccc(SC#N)cc2S(=O)(=O)O)c(S(=O)(=O)O)c1. The zero-order valence-electron chi connectivity index (χ0n) is 12.5. The first-order valence-corrected chi connectivity index (χ1v) is 10.9. The molecule has 0 atom stereocenters. The van der Waals surface area contributed by atoms with Gasteiger partial charge in [-0.2, -0.15) is 27.4 Å². The minimum absolute atomic E-state index is 0.184. The third-order valence-corrected chi connectivity index (χ3v) is 6.03. The molecule has 2 rings (SSSR count). The molecule has 26 heavy (non-hydrogen) atoms. The molecule has 2 aromatic carbocycles. The summed E-state index contributed by atoms with van der Waals surface area (Å²) in [7, 11) is -9.52. The minimum Gasteiger partial charge on any atom is -0.282 e. The fraction of sp³-hybridized carbons (Fsp3) is 0. The molecule has 0 saturated heterocycles. The van der Waals surface area contributed by atoms with Gasteiger partial charge in [0.2, 0.25) is 0 Å². The highest BCUT2D eigenvalue weighted by molar-refractivity contribution is 8.04. The van der Waals surface area contributed by atoms with Crippen LogP contribution in [0.3, 0.4) is 0 Å². The van der Waals surface area contributed by atoms with Gasteiger partial charge in [-0.05, 0) is 47.8 Å². The Morgan fingerprint density at radius 2 is 1.08 bits per heavy atom. The van der Waals surface area contributed by atoms with E-state index in [9.17, 15) is 25.9 Å². The van der Waals surface area contributed by atoms with E-state index >= 15 is 0 Å². The molecule has 0 heterocycles. The number of rotatable bonds is 5. The molecule has 0 unspecified atom stereocenters. The topological polar surface area (TPSA) is 156 Å². The smallest absolute Gasteiger partial charge is 0.282 e. The number of thiocyanates is 2. The van der Waals surface area contributed by atoms with Gasteiger partial charge in [-0.3, -0.25) is 9.11 Å². The maximum atomic E-state index is 11.7. The first-order chi connectivity index (χ1) is 12.1. The van der Waals surface area contributed by atoms with Crippen LogP contribution in [0.5, 0.6) is 0 Å². The van der Waals surface area contributed by atoms with Gasteiger partial charge < -0.3 is 0 Å². The van der Waals surface area contributed by atoms with Crippen LogP contribution in [-0.4, -0.2) is 25.9 Å². The molecular weight excluding hydrogens is 420 g/mol. The average molecular weight is 428 g/mol. The molecule has 0 aliphatic carbocycles. The summed E-state index contributed by atoms with van der Waals surface area (Å²) in [4.78, 5) is -0.811. The molecule has 12 heteroatoms. The second-order valence-corrected chi connectivity index (χ2v) is 9.15. The lowest BCUT2D eigenvalue weighted by molar-refractivity contribution is 0.479. The van der Waals surface area contributed by atoms with Crippen LogP contribution in [0.1, 0.15) is 0 Å². The van der Waals surface area contributed by atoms with Crippen molar-refractivity contribution in [3.8, 4) is 21.9 Å². The first kappa shape index (κ1) is 20.3. The lowest BCUT2D eigenvalue weighted by Crippen LogP contribution is -2.05. The molecule has 0 radical (unpaired) electrons. The summed E-state index contributed by atoms with van der Waals surface area (Å²) in [6.45, 7) is 0. The fourth-order valence-electron chi connectivity index (χ4n) is 2.11. The monoisotopic (exact) mass is 428 g/mol. The average Bonchev–Trinajstić information content (AvgIpc) is 2.54. The second-order valence-electron chi connectivity index (χ2n) is 4.65. The Morgan fingerprint density at radius 1 is 0.731 bits per heavy atom. The molecule has 2 N–H and O–H groups in total. The summed E-state index contributed by atoms with van der Waals surface area (Å²) in [5.74, 6) is 0. The maximum absolute atomic E-state index is 11.7. The molecule has 0 bridgehead atoms. The zero-order valence-corrected chi connectivity index (χ0v) is 15.8. The largest absolute Gasteiger partial charge is 0.295 e. The van der Waals surface area contributed by atoms with Crippen molar-refractivity contribution in [2.45, 2.75) is 19.6 Å². The molecule has 0 spiro atoms. The van der Waals surface area contributed by atoms with E-state index < -0.39 is 30.0 Å².